The highest BCUT2D eigenvalue weighted by Crippen LogP contribution is 2.17. The molecule has 1 aromatic carbocycles. The fourth-order valence-corrected chi connectivity index (χ4v) is 3.10. The molecule has 1 fully saturated rings. The van der Waals surface area contributed by atoms with Gasteiger partial charge in [0, 0.05) is 37.4 Å². The van der Waals surface area contributed by atoms with Crippen molar-refractivity contribution >= 4 is 23.3 Å². The second-order valence-electron chi connectivity index (χ2n) is 6.54. The van der Waals surface area contributed by atoms with E-state index in [1.54, 1.807) is 24.8 Å². The smallest absolute Gasteiger partial charge is 0.255 e. The number of carbonyl (C=O) groups excluding carboxylic acids is 3. The van der Waals surface area contributed by atoms with Crippen LogP contribution in [0, 0.1) is 6.92 Å². The van der Waals surface area contributed by atoms with Crippen LogP contribution in [0.25, 0.3) is 0 Å². The molecular weight excluding hydrogens is 346 g/mol. The van der Waals surface area contributed by atoms with Crippen LogP contribution in [0.4, 0.5) is 5.69 Å². The van der Waals surface area contributed by atoms with Crippen LogP contribution in [0.2, 0.25) is 0 Å². The summed E-state index contributed by atoms with van der Waals surface area (Å²) in [5, 5.41) is 2.65. The zero-order chi connectivity index (χ0) is 19.4. The molecule has 7 heteroatoms. The second kappa shape index (κ2) is 8.07. The molecule has 1 aromatic heterocycles. The van der Waals surface area contributed by atoms with E-state index in [4.69, 9.17) is 4.42 Å². The van der Waals surface area contributed by atoms with Gasteiger partial charge in [-0.2, -0.15) is 0 Å². The summed E-state index contributed by atoms with van der Waals surface area (Å²) in [5.74, 6) is 0.170. The summed E-state index contributed by atoms with van der Waals surface area (Å²) in [4.78, 5) is 39.7. The number of Topliss-reactive ketones (excluding diaryl/α,β-unsaturated/α-hetero) is 1. The molecule has 0 aliphatic carbocycles. The average molecular weight is 369 g/mol. The van der Waals surface area contributed by atoms with Crippen molar-refractivity contribution in [2.45, 2.75) is 13.8 Å². The number of nitrogens with zero attached hydrogens (tertiary/aromatic N) is 2. The van der Waals surface area contributed by atoms with Crippen LogP contribution in [0.3, 0.4) is 0 Å². The van der Waals surface area contributed by atoms with Crippen LogP contribution >= 0.6 is 0 Å². The normalized spacial score (nSPS) is 14.1. The number of benzene rings is 1. The molecule has 7 nitrogen and oxygen atoms in total. The van der Waals surface area contributed by atoms with Gasteiger partial charge in [-0.25, -0.2) is 0 Å². The highest BCUT2D eigenvalue weighted by Gasteiger charge is 2.22. The Hall–Kier alpha value is -3.09. The summed E-state index contributed by atoms with van der Waals surface area (Å²) in [7, 11) is 0. The average Bonchev–Trinajstić information content (AvgIpc) is 3.12. The maximum atomic E-state index is 12.4. The molecule has 0 unspecified atom stereocenters. The van der Waals surface area contributed by atoms with Crippen LogP contribution in [0.5, 0.6) is 0 Å². The maximum absolute atomic E-state index is 12.4. The lowest BCUT2D eigenvalue weighted by molar-refractivity contribution is -0.130. The Kier molecular flexibility index (Phi) is 5.59. The molecule has 1 aliphatic rings. The topological polar surface area (TPSA) is 82.9 Å². The third kappa shape index (κ3) is 4.36. The first-order valence-electron chi connectivity index (χ1n) is 8.91. The van der Waals surface area contributed by atoms with Crippen molar-refractivity contribution in [3.05, 3.63) is 53.5 Å². The molecule has 2 amide bonds. The van der Waals surface area contributed by atoms with E-state index in [1.807, 2.05) is 24.3 Å². The van der Waals surface area contributed by atoms with Crippen molar-refractivity contribution in [3.63, 3.8) is 0 Å². The fraction of sp³-hybridized carbons (Fsp3) is 0.350. The Morgan fingerprint density at radius 3 is 2.26 bits per heavy atom. The number of hydrogen-bond donors (Lipinski definition) is 1. The SMILES string of the molecule is CC(=O)c1ccc(N2CCN(C(=O)CNC(=O)c3ccoc3C)CC2)cc1. The zero-order valence-electron chi connectivity index (χ0n) is 15.5. The van der Waals surface area contributed by atoms with Gasteiger partial charge in [-0.3, -0.25) is 14.4 Å². The van der Waals surface area contributed by atoms with E-state index in [0.29, 0.717) is 43.1 Å². The maximum Gasteiger partial charge on any atom is 0.255 e. The predicted molar refractivity (Wildman–Crippen MR) is 101 cm³/mol. The van der Waals surface area contributed by atoms with Gasteiger partial charge < -0.3 is 19.5 Å². The Bertz CT molecular complexity index is 833. The largest absolute Gasteiger partial charge is 0.469 e. The first-order chi connectivity index (χ1) is 13.0. The summed E-state index contributed by atoms with van der Waals surface area (Å²) in [6, 6.07) is 9.10. The number of amides is 2. The number of hydrogen-bond acceptors (Lipinski definition) is 5. The molecular formula is C20H23N3O4. The van der Waals surface area contributed by atoms with E-state index in [9.17, 15) is 14.4 Å². The van der Waals surface area contributed by atoms with Crippen LogP contribution in [0.15, 0.2) is 41.0 Å². The number of piperazine rings is 1. The van der Waals surface area contributed by atoms with Crippen molar-refractivity contribution in [1.29, 1.82) is 0 Å². The third-order valence-electron chi connectivity index (χ3n) is 4.77. The fourth-order valence-electron chi connectivity index (χ4n) is 3.10. The van der Waals surface area contributed by atoms with Crippen molar-refractivity contribution < 1.29 is 18.8 Å². The molecule has 2 aromatic rings. The van der Waals surface area contributed by atoms with Gasteiger partial charge in [0.15, 0.2) is 5.78 Å². The van der Waals surface area contributed by atoms with Crippen molar-refractivity contribution in [2.24, 2.45) is 0 Å². The molecule has 1 aliphatic heterocycles. The quantitative estimate of drug-likeness (QED) is 0.814. The number of aryl methyl sites for hydroxylation is 1. The molecule has 2 heterocycles. The molecule has 0 spiro atoms. The monoisotopic (exact) mass is 369 g/mol. The first-order valence-corrected chi connectivity index (χ1v) is 8.91. The number of carbonyl (C=O) groups is 3. The molecule has 27 heavy (non-hydrogen) atoms. The minimum Gasteiger partial charge on any atom is -0.469 e. The molecule has 0 atom stereocenters. The standard InChI is InChI=1S/C20H23N3O4/c1-14(24)16-3-5-17(6-4-16)22-8-10-23(11-9-22)19(25)13-21-20(26)18-7-12-27-15(18)2/h3-7,12H,8-11,13H2,1-2H3,(H,21,26). The molecule has 3 rings (SSSR count). The van der Waals surface area contributed by atoms with Gasteiger partial charge in [0.05, 0.1) is 18.4 Å². The summed E-state index contributed by atoms with van der Waals surface area (Å²) >= 11 is 0. The molecule has 0 radical (unpaired) electrons. The third-order valence-corrected chi connectivity index (χ3v) is 4.77. The number of nitrogens with one attached hydrogen (secondary N) is 1. The Morgan fingerprint density at radius 1 is 1.04 bits per heavy atom. The van der Waals surface area contributed by atoms with E-state index < -0.39 is 0 Å². The van der Waals surface area contributed by atoms with E-state index in [0.717, 1.165) is 5.69 Å². The van der Waals surface area contributed by atoms with Crippen molar-refractivity contribution in [3.8, 4) is 0 Å². The zero-order valence-corrected chi connectivity index (χ0v) is 15.5. The van der Waals surface area contributed by atoms with Crippen LogP contribution in [0.1, 0.15) is 33.4 Å². The lowest BCUT2D eigenvalue weighted by Crippen LogP contribution is -2.51. The van der Waals surface area contributed by atoms with Crippen LogP contribution < -0.4 is 10.2 Å². The predicted octanol–water partition coefficient (Wildman–Crippen LogP) is 1.87. The van der Waals surface area contributed by atoms with E-state index in [2.05, 4.69) is 10.2 Å². The highest BCUT2D eigenvalue weighted by atomic mass is 16.3. The number of ketones is 1. The Labute approximate surface area is 157 Å². The Morgan fingerprint density at radius 2 is 1.70 bits per heavy atom. The minimum absolute atomic E-state index is 0.0310. The van der Waals surface area contributed by atoms with Gasteiger partial charge in [-0.15, -0.1) is 0 Å². The van der Waals surface area contributed by atoms with Gasteiger partial charge in [0.25, 0.3) is 5.91 Å². The summed E-state index contributed by atoms with van der Waals surface area (Å²) in [5.41, 5.74) is 2.17. The molecule has 1 N–H and O–H groups in total. The summed E-state index contributed by atoms with van der Waals surface area (Å²) in [6.07, 6.45) is 1.45. The van der Waals surface area contributed by atoms with Gasteiger partial charge in [0.2, 0.25) is 5.91 Å². The van der Waals surface area contributed by atoms with Crippen molar-refractivity contribution in [1.82, 2.24) is 10.2 Å². The number of anilines is 1. The molecule has 0 bridgehead atoms. The van der Waals surface area contributed by atoms with E-state index in [-0.39, 0.29) is 24.1 Å². The number of rotatable bonds is 5. The van der Waals surface area contributed by atoms with Crippen LogP contribution in [-0.4, -0.2) is 55.2 Å². The van der Waals surface area contributed by atoms with Gasteiger partial charge in [-0.05, 0) is 44.2 Å². The second-order valence-corrected chi connectivity index (χ2v) is 6.54. The van der Waals surface area contributed by atoms with Crippen molar-refractivity contribution in [2.75, 3.05) is 37.6 Å². The molecule has 1 saturated heterocycles. The van der Waals surface area contributed by atoms with Gasteiger partial charge in [-0.1, -0.05) is 0 Å². The van der Waals surface area contributed by atoms with E-state index in [1.165, 1.54) is 6.26 Å². The molecule has 0 saturated carbocycles. The minimum atomic E-state index is -0.307. The first kappa shape index (κ1) is 18.7. The highest BCUT2D eigenvalue weighted by molar-refractivity contribution is 5.97. The van der Waals surface area contributed by atoms with Gasteiger partial charge >= 0.3 is 0 Å². The lowest BCUT2D eigenvalue weighted by atomic mass is 10.1. The lowest BCUT2D eigenvalue weighted by Gasteiger charge is -2.36. The van der Waals surface area contributed by atoms with E-state index >= 15 is 0 Å². The summed E-state index contributed by atoms with van der Waals surface area (Å²) in [6.45, 7) is 5.82. The number of furan rings is 1. The van der Waals surface area contributed by atoms with Crippen LogP contribution in [-0.2, 0) is 4.79 Å². The molecule has 142 valence electrons. The Balaban J connectivity index is 1.48. The van der Waals surface area contributed by atoms with Gasteiger partial charge in [0.1, 0.15) is 5.76 Å². The summed E-state index contributed by atoms with van der Waals surface area (Å²) < 4.78 is 5.10.